The first-order chi connectivity index (χ1) is 8.52. The summed E-state index contributed by atoms with van der Waals surface area (Å²) in [7, 11) is 1.55. The van der Waals surface area contributed by atoms with Gasteiger partial charge in [-0.15, -0.1) is 0 Å². The van der Waals surface area contributed by atoms with Gasteiger partial charge in [-0.25, -0.2) is 9.18 Å². The Hall–Kier alpha value is -1.88. The maximum Gasteiger partial charge on any atom is 0.328 e. The molecule has 0 aliphatic carbocycles. The van der Waals surface area contributed by atoms with E-state index in [1.807, 2.05) is 0 Å². The Kier molecular flexibility index (Phi) is 5.32. The Morgan fingerprint density at radius 2 is 2.28 bits per heavy atom. The third-order valence-electron chi connectivity index (χ3n) is 2.11. The number of carbonyl (C=O) groups is 1. The van der Waals surface area contributed by atoms with E-state index in [1.54, 1.807) is 14.0 Å². The van der Waals surface area contributed by atoms with Crippen LogP contribution in [0.1, 0.15) is 12.5 Å². The number of hydrogen-bond donors (Lipinski definition) is 1. The summed E-state index contributed by atoms with van der Waals surface area (Å²) in [5.41, 5.74) is 0.375. The van der Waals surface area contributed by atoms with Gasteiger partial charge in [0.05, 0.1) is 6.61 Å². The summed E-state index contributed by atoms with van der Waals surface area (Å²) in [6, 6.07) is 3.93. The molecule has 0 bridgehead atoms. The van der Waals surface area contributed by atoms with Gasteiger partial charge in [0.25, 0.3) is 0 Å². The van der Waals surface area contributed by atoms with Crippen LogP contribution in [0.5, 0.6) is 5.75 Å². The molecule has 1 unspecified atom stereocenters. The molecule has 1 atom stereocenters. The summed E-state index contributed by atoms with van der Waals surface area (Å²) in [6.07, 6.45) is 2.01. The van der Waals surface area contributed by atoms with Crippen molar-refractivity contribution in [1.82, 2.24) is 0 Å². The van der Waals surface area contributed by atoms with Gasteiger partial charge in [-0.1, -0.05) is 0 Å². The molecule has 1 aromatic rings. The zero-order chi connectivity index (χ0) is 13.5. The molecule has 0 aromatic heterocycles. The Morgan fingerprint density at radius 3 is 2.89 bits per heavy atom. The van der Waals surface area contributed by atoms with Crippen molar-refractivity contribution in [2.75, 3.05) is 13.7 Å². The van der Waals surface area contributed by atoms with Gasteiger partial charge < -0.3 is 14.6 Å². The third-order valence-corrected chi connectivity index (χ3v) is 2.11. The zero-order valence-electron chi connectivity index (χ0n) is 10.2. The van der Waals surface area contributed by atoms with Crippen LogP contribution in [0.2, 0.25) is 0 Å². The van der Waals surface area contributed by atoms with Crippen molar-refractivity contribution >= 4 is 12.0 Å². The number of rotatable bonds is 6. The lowest BCUT2D eigenvalue weighted by molar-refractivity contribution is -0.131. The van der Waals surface area contributed by atoms with Gasteiger partial charge in [0.15, 0.2) is 0 Å². The average molecular weight is 254 g/mol. The van der Waals surface area contributed by atoms with Crippen molar-refractivity contribution in [2.24, 2.45) is 0 Å². The topological polar surface area (TPSA) is 55.8 Å². The van der Waals surface area contributed by atoms with E-state index in [2.05, 4.69) is 0 Å². The largest absolute Gasteiger partial charge is 0.488 e. The maximum absolute atomic E-state index is 13.1. The van der Waals surface area contributed by atoms with Crippen molar-refractivity contribution in [1.29, 1.82) is 0 Å². The van der Waals surface area contributed by atoms with E-state index in [9.17, 15) is 9.18 Å². The summed E-state index contributed by atoms with van der Waals surface area (Å²) in [5, 5.41) is 8.56. The summed E-state index contributed by atoms with van der Waals surface area (Å²) in [4.78, 5) is 10.5. The zero-order valence-corrected chi connectivity index (χ0v) is 10.2. The van der Waals surface area contributed by atoms with Gasteiger partial charge in [-0.2, -0.15) is 0 Å². The molecular formula is C13H15FO4. The standard InChI is InChI=1S/C13H15FO4/c1-9(8-17-2)18-12-5-4-11(14)7-10(12)3-6-13(15)16/h3-7,9H,8H2,1-2H3,(H,15,16)/b6-3+. The molecule has 0 saturated heterocycles. The fraction of sp³-hybridized carbons (Fsp3) is 0.308. The summed E-state index contributed by atoms with van der Waals surface area (Å²) in [5.74, 6) is -1.14. The number of carboxylic acids is 1. The maximum atomic E-state index is 13.1. The number of ether oxygens (including phenoxy) is 2. The Balaban J connectivity index is 2.92. The minimum absolute atomic E-state index is 0.211. The molecule has 1 N–H and O–H groups in total. The molecule has 18 heavy (non-hydrogen) atoms. The first kappa shape index (κ1) is 14.2. The summed E-state index contributed by atoms with van der Waals surface area (Å²) >= 11 is 0. The van der Waals surface area contributed by atoms with E-state index in [1.165, 1.54) is 24.3 Å². The van der Waals surface area contributed by atoms with Gasteiger partial charge >= 0.3 is 5.97 Å². The predicted octanol–water partition coefficient (Wildman–Crippen LogP) is 2.34. The smallest absolute Gasteiger partial charge is 0.328 e. The molecule has 0 heterocycles. The molecular weight excluding hydrogens is 239 g/mol. The van der Waals surface area contributed by atoms with Gasteiger partial charge in [0, 0.05) is 18.7 Å². The summed E-state index contributed by atoms with van der Waals surface area (Å²) in [6.45, 7) is 2.19. The van der Waals surface area contributed by atoms with Crippen molar-refractivity contribution in [3.63, 3.8) is 0 Å². The lowest BCUT2D eigenvalue weighted by Crippen LogP contribution is -2.18. The number of benzene rings is 1. The molecule has 0 saturated carbocycles. The van der Waals surface area contributed by atoms with Gasteiger partial charge in [0.2, 0.25) is 0 Å². The Labute approximate surface area is 105 Å². The highest BCUT2D eigenvalue weighted by Gasteiger charge is 2.08. The number of carboxylic acid groups (broad SMARTS) is 1. The first-order valence-corrected chi connectivity index (χ1v) is 5.39. The van der Waals surface area contributed by atoms with Gasteiger partial charge in [-0.05, 0) is 31.2 Å². The van der Waals surface area contributed by atoms with Crippen LogP contribution in [0.25, 0.3) is 6.08 Å². The average Bonchev–Trinajstić information content (AvgIpc) is 2.29. The Morgan fingerprint density at radius 1 is 1.56 bits per heavy atom. The fourth-order valence-electron chi connectivity index (χ4n) is 1.40. The lowest BCUT2D eigenvalue weighted by Gasteiger charge is -2.15. The van der Waals surface area contributed by atoms with Crippen LogP contribution < -0.4 is 4.74 Å². The number of methoxy groups -OCH3 is 1. The molecule has 0 aliphatic rings. The Bertz CT molecular complexity index is 443. The molecule has 4 nitrogen and oxygen atoms in total. The molecule has 0 radical (unpaired) electrons. The van der Waals surface area contributed by atoms with Crippen molar-refractivity contribution in [3.8, 4) is 5.75 Å². The number of hydrogen-bond acceptors (Lipinski definition) is 3. The third kappa shape index (κ3) is 4.55. The van der Waals surface area contributed by atoms with Crippen LogP contribution in [-0.2, 0) is 9.53 Å². The second-order valence-corrected chi connectivity index (χ2v) is 3.74. The highest BCUT2D eigenvalue weighted by Crippen LogP contribution is 2.22. The van der Waals surface area contributed by atoms with E-state index >= 15 is 0 Å². The van der Waals surface area contributed by atoms with E-state index < -0.39 is 11.8 Å². The molecule has 1 rings (SSSR count). The second-order valence-electron chi connectivity index (χ2n) is 3.74. The fourth-order valence-corrected chi connectivity index (χ4v) is 1.40. The molecule has 1 aromatic carbocycles. The first-order valence-electron chi connectivity index (χ1n) is 5.39. The second kappa shape index (κ2) is 6.76. The molecule has 0 fully saturated rings. The molecule has 5 heteroatoms. The minimum Gasteiger partial charge on any atom is -0.488 e. The van der Waals surface area contributed by atoms with Gasteiger partial charge in [-0.3, -0.25) is 0 Å². The van der Waals surface area contributed by atoms with Crippen LogP contribution in [-0.4, -0.2) is 30.9 Å². The number of aliphatic carboxylic acids is 1. The van der Waals surface area contributed by atoms with E-state index in [4.69, 9.17) is 14.6 Å². The van der Waals surface area contributed by atoms with Crippen molar-refractivity contribution < 1.29 is 23.8 Å². The van der Waals surface area contributed by atoms with E-state index in [-0.39, 0.29) is 6.10 Å². The van der Waals surface area contributed by atoms with Crippen molar-refractivity contribution in [2.45, 2.75) is 13.0 Å². The highest BCUT2D eigenvalue weighted by molar-refractivity contribution is 5.85. The van der Waals surface area contributed by atoms with Crippen LogP contribution in [0.3, 0.4) is 0 Å². The molecule has 0 amide bonds. The molecule has 0 spiro atoms. The summed E-state index contributed by atoms with van der Waals surface area (Å²) < 4.78 is 23.6. The normalized spacial score (nSPS) is 12.6. The lowest BCUT2D eigenvalue weighted by atomic mass is 10.1. The van der Waals surface area contributed by atoms with E-state index in [0.29, 0.717) is 17.9 Å². The van der Waals surface area contributed by atoms with Crippen LogP contribution in [0.4, 0.5) is 4.39 Å². The molecule has 98 valence electrons. The minimum atomic E-state index is -1.10. The van der Waals surface area contributed by atoms with Gasteiger partial charge in [0.1, 0.15) is 17.7 Å². The van der Waals surface area contributed by atoms with E-state index in [0.717, 1.165) is 6.08 Å². The van der Waals surface area contributed by atoms with Crippen LogP contribution >= 0.6 is 0 Å². The predicted molar refractivity (Wildman–Crippen MR) is 65.0 cm³/mol. The number of halogens is 1. The monoisotopic (exact) mass is 254 g/mol. The highest BCUT2D eigenvalue weighted by atomic mass is 19.1. The quantitative estimate of drug-likeness (QED) is 0.792. The van der Waals surface area contributed by atoms with Crippen LogP contribution in [0, 0.1) is 5.82 Å². The van der Waals surface area contributed by atoms with Crippen LogP contribution in [0.15, 0.2) is 24.3 Å². The van der Waals surface area contributed by atoms with Crippen molar-refractivity contribution in [3.05, 3.63) is 35.7 Å². The SMILES string of the molecule is COCC(C)Oc1ccc(F)cc1/C=C/C(=O)O. The molecule has 0 aliphatic heterocycles.